The van der Waals surface area contributed by atoms with Crippen LogP contribution in [0.15, 0.2) is 48.9 Å². The first-order chi connectivity index (χ1) is 14.2. The zero-order valence-electron chi connectivity index (χ0n) is 16.6. The van der Waals surface area contributed by atoms with Gasteiger partial charge in [0, 0.05) is 24.5 Å². The minimum atomic E-state index is -0.0853. The normalized spacial score (nSPS) is 16.5. The zero-order valence-corrected chi connectivity index (χ0v) is 16.6. The summed E-state index contributed by atoms with van der Waals surface area (Å²) in [4.78, 5) is 19.6. The van der Waals surface area contributed by atoms with Gasteiger partial charge in [0.15, 0.2) is 11.5 Å². The highest BCUT2D eigenvalue weighted by molar-refractivity contribution is 5.98. The average Bonchev–Trinajstić information content (AvgIpc) is 3.28. The van der Waals surface area contributed by atoms with E-state index in [0.717, 1.165) is 36.1 Å². The molecule has 1 fully saturated rings. The van der Waals surface area contributed by atoms with Gasteiger partial charge >= 0.3 is 0 Å². The number of ether oxygens (including phenoxy) is 2. The molecule has 1 aliphatic rings. The quantitative estimate of drug-likeness (QED) is 0.713. The van der Waals surface area contributed by atoms with Gasteiger partial charge in [-0.1, -0.05) is 6.07 Å². The number of carbonyl (C=O) groups excluding carboxylic acids is 1. The number of carbonyl (C=O) groups is 1. The number of rotatable bonds is 5. The number of nitrogens with one attached hydrogen (secondary N) is 1. The Labute approximate surface area is 169 Å². The van der Waals surface area contributed by atoms with Crippen molar-refractivity contribution >= 4 is 5.91 Å². The molecule has 1 N–H and O–H groups in total. The van der Waals surface area contributed by atoms with Gasteiger partial charge < -0.3 is 14.4 Å². The number of pyridine rings is 1. The van der Waals surface area contributed by atoms with Gasteiger partial charge in [-0.3, -0.25) is 14.9 Å². The molecule has 1 saturated heterocycles. The fourth-order valence-electron chi connectivity index (χ4n) is 4.00. The fraction of sp³-hybridized carbons (Fsp3) is 0.318. The molecule has 1 aromatic carbocycles. The molecule has 4 rings (SSSR count). The number of aromatic amines is 1. The topological polar surface area (TPSA) is 80.3 Å². The van der Waals surface area contributed by atoms with Gasteiger partial charge in [0.1, 0.15) is 0 Å². The van der Waals surface area contributed by atoms with E-state index in [0.29, 0.717) is 23.6 Å². The fourth-order valence-corrected chi connectivity index (χ4v) is 4.00. The predicted molar refractivity (Wildman–Crippen MR) is 109 cm³/mol. The van der Waals surface area contributed by atoms with Gasteiger partial charge in [0.25, 0.3) is 5.91 Å². The molecule has 1 atom stereocenters. The Balaban J connectivity index is 1.72. The van der Waals surface area contributed by atoms with Crippen molar-refractivity contribution in [1.82, 2.24) is 20.1 Å². The van der Waals surface area contributed by atoms with Crippen molar-refractivity contribution in [3.63, 3.8) is 0 Å². The molecule has 0 bridgehead atoms. The molecule has 1 aliphatic heterocycles. The standard InChI is InChI=1S/C22H24N4O3/c1-28-19-8-5-6-16(21(19)29-2)22(27)26-13-4-3-7-18(26)20-17(14-24-25-20)15-9-11-23-12-10-15/h5-6,8-12,14,18H,3-4,7,13H2,1-2H3,(H,24,25). The SMILES string of the molecule is COc1cccc(C(=O)N2CCCCC2c2[nH]ncc2-c2ccncc2)c1OC. The van der Waals surface area contributed by atoms with E-state index in [-0.39, 0.29) is 11.9 Å². The van der Waals surface area contributed by atoms with Crippen LogP contribution in [0.5, 0.6) is 11.5 Å². The van der Waals surface area contributed by atoms with Crippen LogP contribution in [-0.2, 0) is 0 Å². The van der Waals surface area contributed by atoms with Crippen LogP contribution in [0.3, 0.4) is 0 Å². The van der Waals surface area contributed by atoms with E-state index in [1.54, 1.807) is 38.7 Å². The third-order valence-electron chi connectivity index (χ3n) is 5.39. The van der Waals surface area contributed by atoms with Crippen LogP contribution in [0.25, 0.3) is 11.1 Å². The Morgan fingerprint density at radius 1 is 1.14 bits per heavy atom. The van der Waals surface area contributed by atoms with Crippen molar-refractivity contribution in [3.8, 4) is 22.6 Å². The molecule has 1 amide bonds. The molecule has 2 aromatic heterocycles. The first-order valence-electron chi connectivity index (χ1n) is 9.70. The minimum absolute atomic E-state index is 0.0688. The third-order valence-corrected chi connectivity index (χ3v) is 5.39. The highest BCUT2D eigenvalue weighted by Crippen LogP contribution is 2.38. The molecule has 7 heteroatoms. The summed E-state index contributed by atoms with van der Waals surface area (Å²) in [7, 11) is 3.13. The zero-order chi connectivity index (χ0) is 20.2. The van der Waals surface area contributed by atoms with E-state index >= 15 is 0 Å². The van der Waals surface area contributed by atoms with Gasteiger partial charge in [-0.15, -0.1) is 0 Å². The van der Waals surface area contributed by atoms with Crippen LogP contribution in [0.4, 0.5) is 0 Å². The Morgan fingerprint density at radius 2 is 1.97 bits per heavy atom. The van der Waals surface area contributed by atoms with Crippen LogP contribution in [0.2, 0.25) is 0 Å². The second-order valence-corrected chi connectivity index (χ2v) is 6.98. The van der Waals surface area contributed by atoms with Gasteiger partial charge in [0.05, 0.1) is 37.7 Å². The van der Waals surface area contributed by atoms with Crippen LogP contribution in [0, 0.1) is 0 Å². The van der Waals surface area contributed by atoms with E-state index in [4.69, 9.17) is 9.47 Å². The molecule has 0 radical (unpaired) electrons. The maximum atomic E-state index is 13.5. The predicted octanol–water partition coefficient (Wildman–Crippen LogP) is 3.86. The summed E-state index contributed by atoms with van der Waals surface area (Å²) < 4.78 is 10.9. The number of nitrogens with zero attached hydrogens (tertiary/aromatic N) is 3. The van der Waals surface area contributed by atoms with E-state index in [9.17, 15) is 4.79 Å². The van der Waals surface area contributed by atoms with Crippen LogP contribution < -0.4 is 9.47 Å². The van der Waals surface area contributed by atoms with Crippen molar-refractivity contribution in [1.29, 1.82) is 0 Å². The molecule has 29 heavy (non-hydrogen) atoms. The molecule has 150 valence electrons. The van der Waals surface area contributed by atoms with Crippen molar-refractivity contribution < 1.29 is 14.3 Å². The monoisotopic (exact) mass is 392 g/mol. The van der Waals surface area contributed by atoms with Crippen LogP contribution in [0.1, 0.15) is 41.4 Å². The molecular formula is C22H24N4O3. The maximum Gasteiger partial charge on any atom is 0.258 e. The number of methoxy groups -OCH3 is 2. The summed E-state index contributed by atoms with van der Waals surface area (Å²) in [5, 5.41) is 7.41. The van der Waals surface area contributed by atoms with Gasteiger partial charge in [0.2, 0.25) is 0 Å². The second kappa shape index (κ2) is 8.34. The smallest absolute Gasteiger partial charge is 0.258 e. The summed E-state index contributed by atoms with van der Waals surface area (Å²) in [6.45, 7) is 0.679. The van der Waals surface area contributed by atoms with Crippen molar-refractivity contribution in [2.24, 2.45) is 0 Å². The summed E-state index contributed by atoms with van der Waals surface area (Å²) in [6.07, 6.45) is 8.23. The van der Waals surface area contributed by atoms with Gasteiger partial charge in [-0.2, -0.15) is 5.10 Å². The number of benzene rings is 1. The highest BCUT2D eigenvalue weighted by atomic mass is 16.5. The lowest BCUT2D eigenvalue weighted by Gasteiger charge is -2.36. The first kappa shape index (κ1) is 19.0. The number of amides is 1. The Kier molecular flexibility index (Phi) is 5.46. The number of hydrogen-bond donors (Lipinski definition) is 1. The molecule has 7 nitrogen and oxygen atoms in total. The van der Waals surface area contributed by atoms with Crippen LogP contribution in [-0.4, -0.2) is 46.8 Å². The van der Waals surface area contributed by atoms with E-state index < -0.39 is 0 Å². The Hall–Kier alpha value is -3.35. The first-order valence-corrected chi connectivity index (χ1v) is 9.70. The lowest BCUT2D eigenvalue weighted by Crippen LogP contribution is -2.39. The Morgan fingerprint density at radius 3 is 2.72 bits per heavy atom. The second-order valence-electron chi connectivity index (χ2n) is 6.98. The van der Waals surface area contributed by atoms with Crippen LogP contribution >= 0.6 is 0 Å². The molecule has 3 aromatic rings. The van der Waals surface area contributed by atoms with Crippen molar-refractivity contribution in [3.05, 3.63) is 60.2 Å². The largest absolute Gasteiger partial charge is 0.493 e. The molecule has 3 heterocycles. The molecule has 0 saturated carbocycles. The highest BCUT2D eigenvalue weighted by Gasteiger charge is 2.33. The molecule has 0 aliphatic carbocycles. The van der Waals surface area contributed by atoms with Crippen molar-refractivity contribution in [2.45, 2.75) is 25.3 Å². The number of piperidine rings is 1. The number of para-hydroxylation sites is 1. The lowest BCUT2D eigenvalue weighted by molar-refractivity contribution is 0.0602. The summed E-state index contributed by atoms with van der Waals surface area (Å²) in [5.41, 5.74) is 3.48. The molecule has 1 unspecified atom stereocenters. The van der Waals surface area contributed by atoms with Gasteiger partial charge in [-0.05, 0) is 49.1 Å². The third kappa shape index (κ3) is 3.55. The average molecular weight is 392 g/mol. The lowest BCUT2D eigenvalue weighted by atomic mass is 9.94. The Bertz CT molecular complexity index is 987. The molecule has 0 spiro atoms. The summed E-state index contributed by atoms with van der Waals surface area (Å²) >= 11 is 0. The summed E-state index contributed by atoms with van der Waals surface area (Å²) in [5.74, 6) is 0.940. The van der Waals surface area contributed by atoms with Crippen molar-refractivity contribution in [2.75, 3.05) is 20.8 Å². The number of likely N-dealkylation sites (tertiary alicyclic amines) is 1. The van der Waals surface area contributed by atoms with E-state index in [2.05, 4.69) is 15.2 Å². The summed E-state index contributed by atoms with van der Waals surface area (Å²) in [6, 6.07) is 9.21. The molecular weight excluding hydrogens is 368 g/mol. The maximum absolute atomic E-state index is 13.5. The number of H-pyrrole nitrogens is 1. The van der Waals surface area contributed by atoms with E-state index in [1.807, 2.05) is 29.3 Å². The number of aromatic nitrogens is 3. The van der Waals surface area contributed by atoms with Gasteiger partial charge in [-0.25, -0.2) is 0 Å². The minimum Gasteiger partial charge on any atom is -0.493 e. The number of hydrogen-bond acceptors (Lipinski definition) is 5. The van der Waals surface area contributed by atoms with E-state index in [1.165, 1.54) is 0 Å².